The number of aliphatic hydroxyl groups is 1. The quantitative estimate of drug-likeness (QED) is 0.188. The van der Waals surface area contributed by atoms with Gasteiger partial charge in [0.1, 0.15) is 23.6 Å². The molecule has 47 heavy (non-hydrogen) atoms. The fourth-order valence-electron chi connectivity index (χ4n) is 7.23. The summed E-state index contributed by atoms with van der Waals surface area (Å²) in [6, 6.07) is 1.76. The molecule has 0 aliphatic heterocycles. The molecule has 4 N–H and O–H groups in total. The average molecular weight is 666 g/mol. The Morgan fingerprint density at radius 3 is 1.98 bits per heavy atom. The SMILES string of the molecule is CC(C)n1nccc1C(=O)N[C@H](C(=O)Nc1ccc([C@H](C)C(=O)NC(C(O)F)C(F)F)cc1F)C(C1CCCCC1)C1CCCCC1. The van der Waals surface area contributed by atoms with Crippen molar-refractivity contribution in [1.82, 2.24) is 20.4 Å². The van der Waals surface area contributed by atoms with Crippen molar-refractivity contribution in [1.29, 1.82) is 0 Å². The van der Waals surface area contributed by atoms with Crippen LogP contribution in [0.4, 0.5) is 23.2 Å². The van der Waals surface area contributed by atoms with E-state index >= 15 is 4.39 Å². The summed E-state index contributed by atoms with van der Waals surface area (Å²) in [6.45, 7) is 5.13. The minimum Gasteiger partial charge on any atom is -0.362 e. The van der Waals surface area contributed by atoms with E-state index in [2.05, 4.69) is 15.7 Å². The van der Waals surface area contributed by atoms with Gasteiger partial charge in [0.2, 0.25) is 18.2 Å². The van der Waals surface area contributed by atoms with Crippen LogP contribution in [0.1, 0.15) is 113 Å². The molecule has 0 radical (unpaired) electrons. The number of halogens is 4. The van der Waals surface area contributed by atoms with Crippen molar-refractivity contribution >= 4 is 23.4 Å². The van der Waals surface area contributed by atoms with Gasteiger partial charge in [0.25, 0.3) is 12.3 Å². The van der Waals surface area contributed by atoms with Crippen molar-refractivity contribution in [2.45, 2.75) is 122 Å². The number of rotatable bonds is 13. The Morgan fingerprint density at radius 1 is 0.872 bits per heavy atom. The monoisotopic (exact) mass is 665 g/mol. The van der Waals surface area contributed by atoms with Gasteiger partial charge in [-0.3, -0.25) is 19.1 Å². The molecule has 2 aromatic rings. The molecule has 4 atom stereocenters. The largest absolute Gasteiger partial charge is 0.362 e. The molecule has 2 fully saturated rings. The van der Waals surface area contributed by atoms with Gasteiger partial charge in [0.15, 0.2) is 0 Å². The summed E-state index contributed by atoms with van der Waals surface area (Å²) in [4.78, 5) is 40.4. The third-order valence-corrected chi connectivity index (χ3v) is 9.76. The Bertz CT molecular complexity index is 1330. The molecule has 1 aromatic carbocycles. The number of aromatic nitrogens is 2. The van der Waals surface area contributed by atoms with Gasteiger partial charge in [0.05, 0.1) is 11.6 Å². The minimum atomic E-state index is -3.36. The van der Waals surface area contributed by atoms with Gasteiger partial charge >= 0.3 is 0 Å². The lowest BCUT2D eigenvalue weighted by molar-refractivity contribution is -0.128. The number of hydrogen-bond donors (Lipinski definition) is 4. The third kappa shape index (κ3) is 9.11. The van der Waals surface area contributed by atoms with Crippen LogP contribution < -0.4 is 16.0 Å². The summed E-state index contributed by atoms with van der Waals surface area (Å²) >= 11 is 0. The van der Waals surface area contributed by atoms with E-state index in [-0.39, 0.29) is 35.0 Å². The Kier molecular flexibility index (Phi) is 12.8. The number of amides is 3. The van der Waals surface area contributed by atoms with E-state index in [4.69, 9.17) is 5.11 Å². The van der Waals surface area contributed by atoms with Gasteiger partial charge in [-0.05, 0) is 62.3 Å². The first-order chi connectivity index (χ1) is 22.4. The Morgan fingerprint density at radius 2 is 1.47 bits per heavy atom. The summed E-state index contributed by atoms with van der Waals surface area (Å²) in [7, 11) is 0. The van der Waals surface area contributed by atoms with Crippen molar-refractivity contribution in [3.05, 3.63) is 47.5 Å². The molecular formula is C34H47F4N5O4. The maximum absolute atomic E-state index is 15.5. The zero-order valence-electron chi connectivity index (χ0n) is 27.2. The standard InChI is InChI=1S/C34H47F4N5O4/c1-19(2)43-26(16-17-39-43)33(46)41-28(27(21-10-6-4-7-11-21)22-12-8-5-9-13-22)34(47)40-25-15-14-23(18-24(25)35)20(3)32(45)42-29(30(36)37)31(38)44/h14-22,27-31,44H,4-13H2,1-3H3,(H,40,47)(H,41,46)(H,42,45)/t20-,28-,29?,31?/m0/s1. The molecule has 9 nitrogen and oxygen atoms in total. The molecule has 1 heterocycles. The van der Waals surface area contributed by atoms with Crippen molar-refractivity contribution in [2.75, 3.05) is 5.32 Å². The number of benzene rings is 1. The number of alkyl halides is 3. The summed E-state index contributed by atoms with van der Waals surface area (Å²) in [5.74, 6) is -3.80. The highest BCUT2D eigenvalue weighted by Crippen LogP contribution is 2.42. The number of nitrogens with one attached hydrogen (secondary N) is 3. The minimum absolute atomic E-state index is 0.0912. The summed E-state index contributed by atoms with van der Waals surface area (Å²) in [5.41, 5.74) is 0.239. The van der Waals surface area contributed by atoms with Crippen LogP contribution in [-0.2, 0) is 9.59 Å². The Hall–Kier alpha value is -3.48. The highest BCUT2D eigenvalue weighted by Gasteiger charge is 2.42. The van der Waals surface area contributed by atoms with Crippen molar-refractivity contribution in [3.8, 4) is 0 Å². The molecule has 2 saturated carbocycles. The van der Waals surface area contributed by atoms with E-state index in [1.54, 1.807) is 16.1 Å². The van der Waals surface area contributed by atoms with Crippen LogP contribution in [0.15, 0.2) is 30.5 Å². The topological polar surface area (TPSA) is 125 Å². The third-order valence-electron chi connectivity index (χ3n) is 9.76. The van der Waals surface area contributed by atoms with Gasteiger partial charge in [-0.2, -0.15) is 5.10 Å². The molecule has 2 aliphatic carbocycles. The van der Waals surface area contributed by atoms with E-state index < -0.39 is 54.3 Å². The second-order valence-corrected chi connectivity index (χ2v) is 13.3. The number of carbonyl (C=O) groups is 3. The molecule has 13 heteroatoms. The number of carbonyl (C=O) groups excluding carboxylic acids is 3. The second-order valence-electron chi connectivity index (χ2n) is 13.3. The van der Waals surface area contributed by atoms with Crippen molar-refractivity contribution < 1.29 is 37.1 Å². The number of aliphatic hydroxyl groups excluding tert-OH is 1. The van der Waals surface area contributed by atoms with Gasteiger partial charge < -0.3 is 21.1 Å². The van der Waals surface area contributed by atoms with Crippen LogP contribution >= 0.6 is 0 Å². The first-order valence-corrected chi connectivity index (χ1v) is 16.7. The Balaban J connectivity index is 1.61. The zero-order valence-corrected chi connectivity index (χ0v) is 27.2. The molecule has 260 valence electrons. The zero-order chi connectivity index (χ0) is 34.2. The predicted molar refractivity (Wildman–Crippen MR) is 169 cm³/mol. The molecule has 0 bridgehead atoms. The van der Waals surface area contributed by atoms with E-state index in [9.17, 15) is 27.6 Å². The van der Waals surface area contributed by atoms with E-state index in [1.165, 1.54) is 25.3 Å². The van der Waals surface area contributed by atoms with Gasteiger partial charge in [-0.25, -0.2) is 17.6 Å². The van der Waals surface area contributed by atoms with Gasteiger partial charge in [0, 0.05) is 12.2 Å². The summed E-state index contributed by atoms with van der Waals surface area (Å²) in [6.07, 6.45) is 5.39. The normalized spacial score (nSPS) is 19.0. The smallest absolute Gasteiger partial charge is 0.270 e. The van der Waals surface area contributed by atoms with Crippen LogP contribution in [0.5, 0.6) is 0 Å². The molecule has 0 saturated heterocycles. The number of hydrogen-bond acceptors (Lipinski definition) is 5. The number of nitrogens with zero attached hydrogens (tertiary/aromatic N) is 2. The van der Waals surface area contributed by atoms with Crippen molar-refractivity contribution in [2.24, 2.45) is 17.8 Å². The van der Waals surface area contributed by atoms with E-state index in [0.29, 0.717) is 5.69 Å². The first-order valence-electron chi connectivity index (χ1n) is 16.7. The highest BCUT2D eigenvalue weighted by molar-refractivity contribution is 6.01. The Labute approximate surface area is 273 Å². The average Bonchev–Trinajstić information content (AvgIpc) is 3.55. The molecule has 0 spiro atoms. The highest BCUT2D eigenvalue weighted by atomic mass is 19.3. The van der Waals surface area contributed by atoms with Crippen LogP contribution in [0, 0.1) is 23.6 Å². The molecule has 4 rings (SSSR count). The lowest BCUT2D eigenvalue weighted by Crippen LogP contribution is -2.53. The fraction of sp³-hybridized carbons (Fsp3) is 0.647. The van der Waals surface area contributed by atoms with Gasteiger partial charge in [-0.15, -0.1) is 0 Å². The van der Waals surface area contributed by atoms with Gasteiger partial charge in [-0.1, -0.05) is 70.3 Å². The molecule has 2 unspecified atom stereocenters. The lowest BCUT2D eigenvalue weighted by atomic mass is 9.66. The lowest BCUT2D eigenvalue weighted by Gasteiger charge is -2.42. The molecule has 3 amide bonds. The maximum atomic E-state index is 15.5. The molecule has 2 aliphatic rings. The first kappa shape index (κ1) is 36.4. The van der Waals surface area contributed by atoms with Crippen LogP contribution in [0.2, 0.25) is 0 Å². The fourth-order valence-corrected chi connectivity index (χ4v) is 7.23. The molecule has 1 aromatic heterocycles. The second kappa shape index (κ2) is 16.6. The van der Waals surface area contributed by atoms with Crippen LogP contribution in [-0.4, -0.2) is 57.5 Å². The van der Waals surface area contributed by atoms with E-state index in [1.807, 2.05) is 13.8 Å². The maximum Gasteiger partial charge on any atom is 0.270 e. The van der Waals surface area contributed by atoms with Crippen LogP contribution in [0.3, 0.4) is 0 Å². The summed E-state index contributed by atoms with van der Waals surface area (Å²) in [5, 5.41) is 20.7. The van der Waals surface area contributed by atoms with Crippen LogP contribution in [0.25, 0.3) is 0 Å². The van der Waals surface area contributed by atoms with E-state index in [0.717, 1.165) is 70.3 Å². The number of anilines is 1. The molecular weight excluding hydrogens is 618 g/mol. The predicted octanol–water partition coefficient (Wildman–Crippen LogP) is 6.26. The van der Waals surface area contributed by atoms with Crippen molar-refractivity contribution in [3.63, 3.8) is 0 Å². The summed E-state index contributed by atoms with van der Waals surface area (Å²) < 4.78 is 56.4.